The standard InChI is InChI=1S/C17H33N7O6/c1-8(2)12(24-14(27)10(18)5-4-6-21-17(19)20)15(28)22-7-11(26)23-13(9(3)25)16(29)30/h8-10,12-13,25H,4-7,18H2,1-3H3,(H,22,28)(H,23,26)(H,24,27)(H,29,30)(H4,19,20,21). The van der Waals surface area contributed by atoms with E-state index < -0.39 is 54.5 Å². The van der Waals surface area contributed by atoms with Gasteiger partial charge in [0.1, 0.15) is 6.04 Å². The first kappa shape index (κ1) is 27.1. The molecule has 13 heteroatoms. The summed E-state index contributed by atoms with van der Waals surface area (Å²) in [6.45, 7) is 4.39. The van der Waals surface area contributed by atoms with E-state index in [0.717, 1.165) is 0 Å². The molecule has 4 atom stereocenters. The molecule has 0 rings (SSSR count). The number of nitrogens with one attached hydrogen (secondary N) is 3. The highest BCUT2D eigenvalue weighted by Gasteiger charge is 2.28. The monoisotopic (exact) mass is 431 g/mol. The Morgan fingerprint density at radius 1 is 1.00 bits per heavy atom. The van der Waals surface area contributed by atoms with Gasteiger partial charge >= 0.3 is 5.97 Å². The van der Waals surface area contributed by atoms with Crippen molar-refractivity contribution in [2.45, 2.75) is 57.8 Å². The number of guanidine groups is 1. The highest BCUT2D eigenvalue weighted by atomic mass is 16.4. The molecule has 4 unspecified atom stereocenters. The van der Waals surface area contributed by atoms with Crippen molar-refractivity contribution in [3.05, 3.63) is 0 Å². The zero-order chi connectivity index (χ0) is 23.4. The SMILES string of the molecule is CC(C)C(NC(=O)C(N)CCCN=C(N)N)C(=O)NCC(=O)NC(C(=O)O)C(C)O. The van der Waals surface area contributed by atoms with Crippen LogP contribution < -0.4 is 33.2 Å². The molecule has 13 nitrogen and oxygen atoms in total. The number of aliphatic carboxylic acids is 1. The van der Waals surface area contributed by atoms with Crippen molar-refractivity contribution in [3.8, 4) is 0 Å². The second-order valence-electron chi connectivity index (χ2n) is 7.13. The van der Waals surface area contributed by atoms with Gasteiger partial charge in [0.05, 0.1) is 18.7 Å². The van der Waals surface area contributed by atoms with Crippen LogP contribution >= 0.6 is 0 Å². The maximum absolute atomic E-state index is 12.4. The predicted octanol–water partition coefficient (Wildman–Crippen LogP) is -3.43. The molecule has 0 radical (unpaired) electrons. The summed E-state index contributed by atoms with van der Waals surface area (Å²) in [7, 11) is 0. The number of aliphatic hydroxyl groups is 1. The summed E-state index contributed by atoms with van der Waals surface area (Å²) in [5, 5.41) is 25.3. The van der Waals surface area contributed by atoms with E-state index in [1.807, 2.05) is 0 Å². The molecule has 0 aromatic rings. The van der Waals surface area contributed by atoms with E-state index in [-0.39, 0.29) is 11.9 Å². The fourth-order valence-electron chi connectivity index (χ4n) is 2.34. The van der Waals surface area contributed by atoms with Gasteiger partial charge < -0.3 is 43.4 Å². The van der Waals surface area contributed by atoms with Crippen LogP contribution in [0.3, 0.4) is 0 Å². The maximum Gasteiger partial charge on any atom is 0.328 e. The number of aliphatic imine (C=N–C) groups is 1. The van der Waals surface area contributed by atoms with Crippen molar-refractivity contribution in [1.82, 2.24) is 16.0 Å². The summed E-state index contributed by atoms with van der Waals surface area (Å²) in [5.74, 6) is -3.76. The normalized spacial score (nSPS) is 14.7. The molecule has 0 saturated heterocycles. The highest BCUT2D eigenvalue weighted by molar-refractivity contribution is 5.92. The van der Waals surface area contributed by atoms with Gasteiger partial charge in [-0.15, -0.1) is 0 Å². The summed E-state index contributed by atoms with van der Waals surface area (Å²) in [6, 6.07) is -3.34. The van der Waals surface area contributed by atoms with Crippen molar-refractivity contribution in [1.29, 1.82) is 0 Å². The van der Waals surface area contributed by atoms with Crippen molar-refractivity contribution < 1.29 is 29.4 Å². The number of hydrogen-bond donors (Lipinski definition) is 8. The van der Waals surface area contributed by atoms with E-state index >= 15 is 0 Å². The van der Waals surface area contributed by atoms with Gasteiger partial charge in [-0.25, -0.2) is 4.79 Å². The first-order chi connectivity index (χ1) is 13.9. The van der Waals surface area contributed by atoms with E-state index in [2.05, 4.69) is 20.9 Å². The predicted molar refractivity (Wildman–Crippen MR) is 109 cm³/mol. The van der Waals surface area contributed by atoms with E-state index in [1.165, 1.54) is 6.92 Å². The van der Waals surface area contributed by atoms with Crippen molar-refractivity contribution >= 4 is 29.7 Å². The average Bonchev–Trinajstić information content (AvgIpc) is 2.64. The lowest BCUT2D eigenvalue weighted by Gasteiger charge is -2.23. The number of hydrogen-bond acceptors (Lipinski definition) is 7. The van der Waals surface area contributed by atoms with Crippen LogP contribution in [-0.4, -0.2) is 77.2 Å². The van der Waals surface area contributed by atoms with Crippen molar-refractivity contribution in [3.63, 3.8) is 0 Å². The summed E-state index contributed by atoms with van der Waals surface area (Å²) >= 11 is 0. The number of nitrogens with zero attached hydrogens (tertiary/aromatic N) is 1. The molecule has 0 aromatic carbocycles. The second kappa shape index (κ2) is 13.3. The van der Waals surface area contributed by atoms with Crippen molar-refractivity contribution in [2.24, 2.45) is 28.1 Å². The molecule has 3 amide bonds. The van der Waals surface area contributed by atoms with Gasteiger partial charge in [0.15, 0.2) is 12.0 Å². The molecule has 0 bridgehead atoms. The molecule has 172 valence electrons. The Kier molecular flexibility index (Phi) is 12.0. The third kappa shape index (κ3) is 10.6. The Hall–Kier alpha value is -2.93. The number of rotatable bonds is 13. The molecule has 0 aliphatic rings. The van der Waals surface area contributed by atoms with Crippen LogP contribution in [0.15, 0.2) is 4.99 Å². The van der Waals surface area contributed by atoms with Gasteiger partial charge in [0, 0.05) is 6.54 Å². The third-order valence-electron chi connectivity index (χ3n) is 4.04. The number of carbonyl (C=O) groups is 4. The van der Waals surface area contributed by atoms with Crippen LogP contribution in [0.25, 0.3) is 0 Å². The van der Waals surface area contributed by atoms with Crippen LogP contribution in [0.4, 0.5) is 0 Å². The minimum absolute atomic E-state index is 0.0586. The number of nitrogens with two attached hydrogens (primary N) is 3. The minimum atomic E-state index is -1.51. The average molecular weight is 431 g/mol. The molecule has 0 aliphatic carbocycles. The molecular weight excluding hydrogens is 398 g/mol. The number of carboxylic acid groups (broad SMARTS) is 1. The number of aliphatic hydroxyl groups excluding tert-OH is 1. The molecule has 30 heavy (non-hydrogen) atoms. The highest BCUT2D eigenvalue weighted by Crippen LogP contribution is 2.04. The fraction of sp³-hybridized carbons (Fsp3) is 0.706. The van der Waals surface area contributed by atoms with Gasteiger partial charge in [-0.2, -0.15) is 0 Å². The summed E-state index contributed by atoms with van der Waals surface area (Å²) in [5.41, 5.74) is 16.2. The van der Waals surface area contributed by atoms with E-state index in [1.54, 1.807) is 13.8 Å². The van der Waals surface area contributed by atoms with Crippen LogP contribution in [0, 0.1) is 5.92 Å². The first-order valence-corrected chi connectivity index (χ1v) is 9.46. The first-order valence-electron chi connectivity index (χ1n) is 9.46. The van der Waals surface area contributed by atoms with E-state index in [4.69, 9.17) is 22.3 Å². The molecule has 0 aliphatic heterocycles. The molecule has 0 spiro atoms. The number of amides is 3. The summed E-state index contributed by atoms with van der Waals surface area (Å²) < 4.78 is 0. The maximum atomic E-state index is 12.4. The zero-order valence-corrected chi connectivity index (χ0v) is 17.4. The van der Waals surface area contributed by atoms with Gasteiger partial charge in [0.2, 0.25) is 17.7 Å². The number of carbonyl (C=O) groups excluding carboxylic acids is 3. The number of carboxylic acids is 1. The topological polar surface area (TPSA) is 235 Å². The molecule has 0 aromatic heterocycles. The minimum Gasteiger partial charge on any atom is -0.480 e. The lowest BCUT2D eigenvalue weighted by molar-refractivity contribution is -0.144. The van der Waals surface area contributed by atoms with Gasteiger partial charge in [-0.3, -0.25) is 19.4 Å². The quantitative estimate of drug-likeness (QED) is 0.0821. The van der Waals surface area contributed by atoms with E-state index in [0.29, 0.717) is 19.4 Å². The smallest absolute Gasteiger partial charge is 0.328 e. The van der Waals surface area contributed by atoms with Crippen LogP contribution in [0.1, 0.15) is 33.6 Å². The second-order valence-corrected chi connectivity index (χ2v) is 7.13. The third-order valence-corrected chi connectivity index (χ3v) is 4.04. The Balaban J connectivity index is 4.69. The lowest BCUT2D eigenvalue weighted by Crippen LogP contribution is -2.56. The lowest BCUT2D eigenvalue weighted by atomic mass is 10.0. The molecule has 0 fully saturated rings. The molecule has 0 heterocycles. The molecule has 0 saturated carbocycles. The Labute approximate surface area is 174 Å². The molecular formula is C17H33N7O6. The Bertz CT molecular complexity index is 634. The van der Waals surface area contributed by atoms with Crippen LogP contribution in [-0.2, 0) is 19.2 Å². The van der Waals surface area contributed by atoms with E-state index in [9.17, 15) is 24.3 Å². The van der Waals surface area contributed by atoms with Crippen LogP contribution in [0.5, 0.6) is 0 Å². The van der Waals surface area contributed by atoms with Crippen molar-refractivity contribution in [2.75, 3.05) is 13.1 Å². The van der Waals surface area contributed by atoms with Gasteiger partial charge in [-0.05, 0) is 25.7 Å². The van der Waals surface area contributed by atoms with Gasteiger partial charge in [-0.1, -0.05) is 13.8 Å². The zero-order valence-electron chi connectivity index (χ0n) is 17.4. The summed E-state index contributed by atoms with van der Waals surface area (Å²) in [6.07, 6.45) is -0.551. The largest absolute Gasteiger partial charge is 0.480 e. The Morgan fingerprint density at radius 3 is 2.07 bits per heavy atom. The van der Waals surface area contributed by atoms with Gasteiger partial charge in [0.25, 0.3) is 0 Å². The van der Waals surface area contributed by atoms with Crippen LogP contribution in [0.2, 0.25) is 0 Å². The Morgan fingerprint density at radius 2 is 1.60 bits per heavy atom. The molecule has 11 N–H and O–H groups in total. The summed E-state index contributed by atoms with van der Waals surface area (Å²) in [4.78, 5) is 51.2. The fourth-order valence-corrected chi connectivity index (χ4v) is 2.34.